The summed E-state index contributed by atoms with van der Waals surface area (Å²) in [6.45, 7) is 2.23. The zero-order valence-corrected chi connectivity index (χ0v) is 20.8. The quantitative estimate of drug-likeness (QED) is 0.451. The second-order valence-corrected chi connectivity index (χ2v) is 10.3. The van der Waals surface area contributed by atoms with Gasteiger partial charge in [0.15, 0.2) is 0 Å². The van der Waals surface area contributed by atoms with Crippen molar-refractivity contribution in [2.24, 2.45) is 0 Å². The van der Waals surface area contributed by atoms with Gasteiger partial charge in [-0.05, 0) is 55.2 Å². The highest BCUT2D eigenvalue weighted by atomic mass is 79.9. The molecule has 1 saturated carbocycles. The number of hydrogen-bond acceptors (Lipinski definition) is 3. The number of carbonyl (C=O) groups excluding carboxylic acids is 2. The van der Waals surface area contributed by atoms with Gasteiger partial charge in [0.1, 0.15) is 6.04 Å². The van der Waals surface area contributed by atoms with Crippen LogP contribution in [0, 0.1) is 0 Å². The number of thioether (sulfide) groups is 1. The Morgan fingerprint density at radius 2 is 1.87 bits per heavy atom. The zero-order valence-electron chi connectivity index (χ0n) is 17.7. The predicted octanol–water partition coefficient (Wildman–Crippen LogP) is 5.81. The number of nitrogens with zero attached hydrogens (tertiary/aromatic N) is 1. The van der Waals surface area contributed by atoms with Gasteiger partial charge >= 0.3 is 0 Å². The Morgan fingerprint density at radius 1 is 1.16 bits per heavy atom. The van der Waals surface area contributed by atoms with E-state index in [0.29, 0.717) is 23.1 Å². The van der Waals surface area contributed by atoms with Crippen LogP contribution >= 0.6 is 39.3 Å². The minimum absolute atomic E-state index is 0.0379. The second-order valence-electron chi connectivity index (χ2n) is 7.94. The molecule has 7 heteroatoms. The molecule has 2 amide bonds. The molecule has 1 aliphatic carbocycles. The first-order valence-electron chi connectivity index (χ1n) is 10.6. The minimum atomic E-state index is -0.525. The maximum absolute atomic E-state index is 13.1. The van der Waals surface area contributed by atoms with E-state index in [9.17, 15) is 9.59 Å². The Hall–Kier alpha value is -1.50. The molecule has 0 heterocycles. The average molecular weight is 524 g/mol. The van der Waals surface area contributed by atoms with Crippen molar-refractivity contribution in [2.75, 3.05) is 5.75 Å². The molecule has 2 aromatic rings. The van der Waals surface area contributed by atoms with Gasteiger partial charge in [0.2, 0.25) is 11.8 Å². The van der Waals surface area contributed by atoms with Crippen molar-refractivity contribution in [2.45, 2.75) is 57.0 Å². The van der Waals surface area contributed by atoms with Crippen molar-refractivity contribution < 1.29 is 9.59 Å². The SMILES string of the molecule is CC(C(=O)NC1CCCC1)N(Cc1ccc(Br)cc1)C(=O)CSCc1cccc(Cl)c1. The van der Waals surface area contributed by atoms with E-state index in [1.807, 2.05) is 55.5 Å². The molecule has 0 radical (unpaired) electrons. The third-order valence-corrected chi connectivity index (χ3v) is 7.27. The predicted molar refractivity (Wildman–Crippen MR) is 132 cm³/mol. The van der Waals surface area contributed by atoms with Crippen LogP contribution in [0.4, 0.5) is 0 Å². The lowest BCUT2D eigenvalue weighted by atomic mass is 10.1. The number of carbonyl (C=O) groups is 2. The highest BCUT2D eigenvalue weighted by molar-refractivity contribution is 9.10. The summed E-state index contributed by atoms with van der Waals surface area (Å²) < 4.78 is 0.984. The summed E-state index contributed by atoms with van der Waals surface area (Å²) in [6, 6.07) is 15.2. The third-order valence-electron chi connectivity index (χ3n) is 5.52. The van der Waals surface area contributed by atoms with Crippen molar-refractivity contribution >= 4 is 51.1 Å². The zero-order chi connectivity index (χ0) is 22.2. The summed E-state index contributed by atoms with van der Waals surface area (Å²) in [4.78, 5) is 27.7. The number of nitrogens with one attached hydrogen (secondary N) is 1. The summed E-state index contributed by atoms with van der Waals surface area (Å²) in [5, 5.41) is 3.83. The van der Waals surface area contributed by atoms with Crippen LogP contribution in [0.5, 0.6) is 0 Å². The van der Waals surface area contributed by atoms with E-state index in [4.69, 9.17) is 11.6 Å². The molecule has 3 rings (SSSR count). The number of benzene rings is 2. The van der Waals surface area contributed by atoms with Crippen molar-refractivity contribution in [3.05, 3.63) is 69.2 Å². The van der Waals surface area contributed by atoms with Gasteiger partial charge in [0.25, 0.3) is 0 Å². The Labute approximate surface area is 202 Å². The molecule has 1 unspecified atom stereocenters. The standard InChI is InChI=1S/C24H28BrClN2O2S/c1-17(24(30)27-22-7-2-3-8-22)28(14-18-9-11-20(25)12-10-18)23(29)16-31-15-19-5-4-6-21(26)13-19/h4-6,9-13,17,22H,2-3,7-8,14-16H2,1H3,(H,27,30). The molecule has 1 aliphatic rings. The molecule has 2 aromatic carbocycles. The highest BCUT2D eigenvalue weighted by Gasteiger charge is 2.28. The molecular weight excluding hydrogens is 496 g/mol. The summed E-state index contributed by atoms with van der Waals surface area (Å²) in [7, 11) is 0. The molecule has 0 bridgehead atoms. The third kappa shape index (κ3) is 7.55. The molecule has 0 aromatic heterocycles. The lowest BCUT2D eigenvalue weighted by Crippen LogP contribution is -2.50. The van der Waals surface area contributed by atoms with Gasteiger partial charge in [-0.25, -0.2) is 0 Å². The van der Waals surface area contributed by atoms with Crippen molar-refractivity contribution in [1.82, 2.24) is 10.2 Å². The molecular formula is C24H28BrClN2O2S. The van der Waals surface area contributed by atoms with E-state index in [0.717, 1.165) is 41.3 Å². The van der Waals surface area contributed by atoms with Gasteiger partial charge in [0.05, 0.1) is 5.75 Å². The van der Waals surface area contributed by atoms with E-state index >= 15 is 0 Å². The fourth-order valence-electron chi connectivity index (χ4n) is 3.73. The normalized spacial score (nSPS) is 14.9. The first-order valence-corrected chi connectivity index (χ1v) is 12.9. The Bertz CT molecular complexity index is 887. The number of halogens is 2. The maximum atomic E-state index is 13.1. The Kier molecular flexibility index (Phi) is 9.30. The van der Waals surface area contributed by atoms with Gasteiger partial charge < -0.3 is 10.2 Å². The van der Waals surface area contributed by atoms with Crippen molar-refractivity contribution in [3.8, 4) is 0 Å². The molecule has 0 spiro atoms. The molecule has 0 aliphatic heterocycles. The number of amides is 2. The molecule has 1 N–H and O–H groups in total. The molecule has 0 saturated heterocycles. The highest BCUT2D eigenvalue weighted by Crippen LogP contribution is 2.21. The fraction of sp³-hybridized carbons (Fsp3) is 0.417. The van der Waals surface area contributed by atoms with Crippen LogP contribution in [0.25, 0.3) is 0 Å². The number of hydrogen-bond donors (Lipinski definition) is 1. The summed E-state index contributed by atoms with van der Waals surface area (Å²) in [6.07, 6.45) is 4.35. The smallest absolute Gasteiger partial charge is 0.242 e. The number of rotatable bonds is 9. The van der Waals surface area contributed by atoms with E-state index < -0.39 is 6.04 Å². The van der Waals surface area contributed by atoms with Gasteiger partial charge in [0, 0.05) is 27.8 Å². The topological polar surface area (TPSA) is 49.4 Å². The maximum Gasteiger partial charge on any atom is 0.242 e. The largest absolute Gasteiger partial charge is 0.352 e. The van der Waals surface area contributed by atoms with Crippen LogP contribution in [-0.4, -0.2) is 34.6 Å². The van der Waals surface area contributed by atoms with Gasteiger partial charge in [-0.1, -0.05) is 64.6 Å². The van der Waals surface area contributed by atoms with Crippen LogP contribution in [0.3, 0.4) is 0 Å². The first-order chi connectivity index (χ1) is 14.9. The van der Waals surface area contributed by atoms with Gasteiger partial charge in [-0.15, -0.1) is 11.8 Å². The van der Waals surface area contributed by atoms with Crippen molar-refractivity contribution in [1.29, 1.82) is 0 Å². The van der Waals surface area contributed by atoms with Gasteiger partial charge in [-0.3, -0.25) is 9.59 Å². The average Bonchev–Trinajstić information content (AvgIpc) is 3.26. The second kappa shape index (κ2) is 11.9. The molecule has 1 atom stereocenters. The van der Waals surface area contributed by atoms with Crippen LogP contribution in [0.1, 0.15) is 43.7 Å². The molecule has 31 heavy (non-hydrogen) atoms. The minimum Gasteiger partial charge on any atom is -0.352 e. The monoisotopic (exact) mass is 522 g/mol. The molecule has 1 fully saturated rings. The van der Waals surface area contributed by atoms with Crippen LogP contribution in [0.15, 0.2) is 53.0 Å². The lowest BCUT2D eigenvalue weighted by Gasteiger charge is -2.29. The fourth-order valence-corrected chi connectivity index (χ4v) is 5.06. The van der Waals surface area contributed by atoms with Crippen LogP contribution < -0.4 is 5.32 Å². The summed E-state index contributed by atoms with van der Waals surface area (Å²) in [5.74, 6) is 0.895. The van der Waals surface area contributed by atoms with Crippen LogP contribution in [-0.2, 0) is 21.9 Å². The lowest BCUT2D eigenvalue weighted by molar-refractivity contribution is -0.138. The Morgan fingerprint density at radius 3 is 2.55 bits per heavy atom. The van der Waals surface area contributed by atoms with E-state index in [-0.39, 0.29) is 17.9 Å². The molecule has 4 nitrogen and oxygen atoms in total. The van der Waals surface area contributed by atoms with E-state index in [1.165, 1.54) is 11.8 Å². The van der Waals surface area contributed by atoms with E-state index in [2.05, 4.69) is 21.2 Å². The van der Waals surface area contributed by atoms with Gasteiger partial charge in [-0.2, -0.15) is 0 Å². The Balaban J connectivity index is 1.64. The summed E-state index contributed by atoms with van der Waals surface area (Å²) in [5.41, 5.74) is 2.08. The summed E-state index contributed by atoms with van der Waals surface area (Å²) >= 11 is 11.0. The van der Waals surface area contributed by atoms with E-state index in [1.54, 1.807) is 4.90 Å². The van der Waals surface area contributed by atoms with Crippen molar-refractivity contribution in [3.63, 3.8) is 0 Å². The molecule has 166 valence electrons. The van der Waals surface area contributed by atoms with Crippen LogP contribution in [0.2, 0.25) is 5.02 Å². The first kappa shape index (κ1) is 24.1.